The molecule has 7 aromatic carbocycles. The van der Waals surface area contributed by atoms with Gasteiger partial charge in [0.25, 0.3) is 0 Å². The Morgan fingerprint density at radius 2 is 0.940 bits per heavy atom. The predicted molar refractivity (Wildman–Crippen MR) is 211 cm³/mol. The number of rotatable bonds is 5. The van der Waals surface area contributed by atoms with Gasteiger partial charge in [0.1, 0.15) is 5.01 Å². The number of thiazole rings is 1. The molecular weight excluding hydrogens is 649 g/mol. The molecule has 0 bridgehead atoms. The predicted octanol–water partition coefficient (Wildman–Crippen LogP) is 12.3. The first kappa shape index (κ1) is 28.9. The van der Waals surface area contributed by atoms with Crippen LogP contribution in [0, 0.1) is 0 Å². The van der Waals surface area contributed by atoms with Gasteiger partial charge in [-0.1, -0.05) is 127 Å². The van der Waals surface area contributed by atoms with Crippen molar-refractivity contribution < 1.29 is 0 Å². The summed E-state index contributed by atoms with van der Waals surface area (Å²) in [7, 11) is 0. The average molecular weight is 675 g/mol. The maximum Gasteiger partial charge on any atom is 0.164 e. The van der Waals surface area contributed by atoms with Gasteiger partial charge >= 0.3 is 0 Å². The normalized spacial score (nSPS) is 11.6. The molecule has 4 nitrogen and oxygen atoms in total. The van der Waals surface area contributed by atoms with Crippen LogP contribution in [0.4, 0.5) is 0 Å². The summed E-state index contributed by atoms with van der Waals surface area (Å²) in [5.74, 6) is 1.98. The lowest BCUT2D eigenvalue weighted by molar-refractivity contribution is 1.07. The highest BCUT2D eigenvalue weighted by atomic mass is 32.1. The Hall–Kier alpha value is -6.08. The highest BCUT2D eigenvalue weighted by Gasteiger charge is 2.16. The van der Waals surface area contributed by atoms with E-state index in [0.29, 0.717) is 17.5 Å². The molecule has 0 amide bonds. The van der Waals surface area contributed by atoms with Gasteiger partial charge in [0.15, 0.2) is 17.5 Å². The Labute approximate surface area is 296 Å². The first-order valence-corrected chi connectivity index (χ1v) is 18.1. The first-order chi connectivity index (χ1) is 24.7. The molecule has 234 valence electrons. The van der Waals surface area contributed by atoms with Crippen LogP contribution in [-0.2, 0) is 0 Å². The van der Waals surface area contributed by atoms with Crippen molar-refractivity contribution in [2.75, 3.05) is 0 Å². The highest BCUT2D eigenvalue weighted by Crippen LogP contribution is 2.43. The van der Waals surface area contributed by atoms with Crippen LogP contribution in [-0.4, -0.2) is 19.9 Å². The Morgan fingerprint density at radius 1 is 0.360 bits per heavy atom. The van der Waals surface area contributed by atoms with Crippen molar-refractivity contribution in [2.24, 2.45) is 0 Å². The number of fused-ring (bicyclic) bond motifs is 5. The summed E-state index contributed by atoms with van der Waals surface area (Å²) >= 11 is 3.60. The van der Waals surface area contributed by atoms with E-state index in [4.69, 9.17) is 19.9 Å². The zero-order valence-electron chi connectivity index (χ0n) is 26.6. The van der Waals surface area contributed by atoms with Gasteiger partial charge in [-0.2, -0.15) is 0 Å². The number of hydrogen-bond donors (Lipinski definition) is 0. The molecule has 0 saturated carbocycles. The largest absolute Gasteiger partial charge is 0.236 e. The van der Waals surface area contributed by atoms with Crippen LogP contribution in [0.25, 0.3) is 97.0 Å². The first-order valence-electron chi connectivity index (χ1n) is 16.5. The minimum atomic E-state index is 0.656. The van der Waals surface area contributed by atoms with Crippen LogP contribution in [0.5, 0.6) is 0 Å². The number of aromatic nitrogens is 4. The third-order valence-electron chi connectivity index (χ3n) is 9.13. The number of thiophene rings is 1. The summed E-state index contributed by atoms with van der Waals surface area (Å²) < 4.78 is 3.76. The minimum absolute atomic E-state index is 0.656. The van der Waals surface area contributed by atoms with E-state index in [1.165, 1.54) is 41.4 Å². The van der Waals surface area contributed by atoms with Gasteiger partial charge in [-0.15, -0.1) is 22.7 Å². The maximum atomic E-state index is 5.00. The summed E-state index contributed by atoms with van der Waals surface area (Å²) in [5, 5.41) is 5.94. The van der Waals surface area contributed by atoms with E-state index >= 15 is 0 Å². The minimum Gasteiger partial charge on any atom is -0.236 e. The fourth-order valence-electron chi connectivity index (χ4n) is 6.68. The molecule has 0 aliphatic heterocycles. The van der Waals surface area contributed by atoms with Gasteiger partial charge in [0, 0.05) is 42.4 Å². The molecule has 0 fully saturated rings. The molecule has 0 radical (unpaired) electrons. The molecule has 0 unspecified atom stereocenters. The molecule has 3 heterocycles. The summed E-state index contributed by atoms with van der Waals surface area (Å²) in [6.45, 7) is 0. The molecule has 10 rings (SSSR count). The van der Waals surface area contributed by atoms with Crippen LogP contribution in [0.1, 0.15) is 0 Å². The molecule has 3 aromatic heterocycles. The second-order valence-corrected chi connectivity index (χ2v) is 14.4. The molecule has 0 spiro atoms. The summed E-state index contributed by atoms with van der Waals surface area (Å²) in [6, 6.07) is 55.1. The number of hydrogen-bond acceptors (Lipinski definition) is 6. The van der Waals surface area contributed by atoms with Crippen LogP contribution in [0.3, 0.4) is 0 Å². The molecule has 0 saturated heterocycles. The Balaban J connectivity index is 1.06. The topological polar surface area (TPSA) is 51.6 Å². The molecule has 0 atom stereocenters. The van der Waals surface area contributed by atoms with E-state index in [1.807, 2.05) is 78.1 Å². The molecule has 0 N–H and O–H groups in total. The standard InChI is InChI=1S/C44H26N4S2/c1-4-11-27(12-5-1)41-46-42(28-13-6-2-7-14-28)48-43(47-41)33-22-20-30-23-32(21-19-31(30)24-33)34-17-10-18-37-40(34)35-25-39-36(26-38(35)49-37)45-44(50-39)29-15-8-3-9-16-29/h1-26H. The third kappa shape index (κ3) is 5.05. The maximum absolute atomic E-state index is 5.00. The van der Waals surface area contributed by atoms with Crippen molar-refractivity contribution in [3.63, 3.8) is 0 Å². The van der Waals surface area contributed by atoms with Gasteiger partial charge in [-0.3, -0.25) is 0 Å². The van der Waals surface area contributed by atoms with Gasteiger partial charge in [0.2, 0.25) is 0 Å². The van der Waals surface area contributed by atoms with E-state index < -0.39 is 0 Å². The van der Waals surface area contributed by atoms with Crippen LogP contribution in [0.2, 0.25) is 0 Å². The Bertz CT molecular complexity index is 2800. The zero-order valence-corrected chi connectivity index (χ0v) is 28.2. The van der Waals surface area contributed by atoms with Gasteiger partial charge in [0.05, 0.1) is 10.2 Å². The van der Waals surface area contributed by atoms with E-state index in [-0.39, 0.29) is 0 Å². The summed E-state index contributed by atoms with van der Waals surface area (Å²) in [6.07, 6.45) is 0. The van der Waals surface area contributed by atoms with E-state index in [2.05, 4.69) is 91.0 Å². The highest BCUT2D eigenvalue weighted by molar-refractivity contribution is 7.26. The van der Waals surface area contributed by atoms with Crippen LogP contribution in [0.15, 0.2) is 158 Å². The summed E-state index contributed by atoms with van der Waals surface area (Å²) in [5.41, 5.74) is 7.53. The average Bonchev–Trinajstić information content (AvgIpc) is 3.78. The number of nitrogens with zero attached hydrogens (tertiary/aromatic N) is 4. The lowest BCUT2D eigenvalue weighted by Gasteiger charge is -2.10. The molecule has 0 aliphatic rings. The zero-order chi connectivity index (χ0) is 33.0. The van der Waals surface area contributed by atoms with E-state index in [0.717, 1.165) is 38.2 Å². The molecule has 10 aromatic rings. The second kappa shape index (κ2) is 11.8. The van der Waals surface area contributed by atoms with Crippen molar-refractivity contribution in [1.82, 2.24) is 19.9 Å². The fourth-order valence-corrected chi connectivity index (χ4v) is 8.82. The molecule has 6 heteroatoms. The van der Waals surface area contributed by atoms with Gasteiger partial charge in [-0.05, 0) is 52.2 Å². The molecule has 50 heavy (non-hydrogen) atoms. The summed E-state index contributed by atoms with van der Waals surface area (Å²) in [4.78, 5) is 19.7. The smallest absolute Gasteiger partial charge is 0.164 e. The number of benzene rings is 7. The van der Waals surface area contributed by atoms with Crippen LogP contribution < -0.4 is 0 Å². The van der Waals surface area contributed by atoms with Gasteiger partial charge < -0.3 is 0 Å². The quantitative estimate of drug-likeness (QED) is 0.182. The van der Waals surface area contributed by atoms with Crippen molar-refractivity contribution in [2.45, 2.75) is 0 Å². The van der Waals surface area contributed by atoms with Crippen molar-refractivity contribution in [3.8, 4) is 55.9 Å². The molecule has 0 aliphatic carbocycles. The van der Waals surface area contributed by atoms with Crippen molar-refractivity contribution >= 4 is 63.8 Å². The monoisotopic (exact) mass is 674 g/mol. The lowest BCUT2D eigenvalue weighted by Crippen LogP contribution is -2.00. The van der Waals surface area contributed by atoms with E-state index in [1.54, 1.807) is 11.3 Å². The lowest BCUT2D eigenvalue weighted by atomic mass is 9.96. The van der Waals surface area contributed by atoms with Crippen molar-refractivity contribution in [1.29, 1.82) is 0 Å². The van der Waals surface area contributed by atoms with E-state index in [9.17, 15) is 0 Å². The Kier molecular flexibility index (Phi) is 6.82. The van der Waals surface area contributed by atoms with Crippen molar-refractivity contribution in [3.05, 3.63) is 158 Å². The van der Waals surface area contributed by atoms with Crippen LogP contribution >= 0.6 is 22.7 Å². The fraction of sp³-hybridized carbons (Fsp3) is 0. The Morgan fingerprint density at radius 3 is 1.60 bits per heavy atom. The van der Waals surface area contributed by atoms with Gasteiger partial charge in [-0.25, -0.2) is 19.9 Å². The SMILES string of the molecule is c1ccc(-c2nc(-c3ccccc3)nc(-c3ccc4cc(-c5cccc6sc7cc8nc(-c9ccccc9)sc8cc7c56)ccc4c3)n2)cc1. The second-order valence-electron chi connectivity index (χ2n) is 12.3. The molecular formula is C44H26N4S2. The third-order valence-corrected chi connectivity index (χ3v) is 11.3.